The zero-order valence-corrected chi connectivity index (χ0v) is 21.7. The monoisotopic (exact) mass is 508 g/mol. The van der Waals surface area contributed by atoms with Crippen molar-refractivity contribution >= 4 is 34.2 Å². The third-order valence-electron chi connectivity index (χ3n) is 9.51. The van der Waals surface area contributed by atoms with Crippen molar-refractivity contribution in [1.82, 2.24) is 4.90 Å². The van der Waals surface area contributed by atoms with E-state index in [4.69, 9.17) is 4.74 Å². The van der Waals surface area contributed by atoms with E-state index in [1.165, 1.54) is 24.2 Å². The summed E-state index contributed by atoms with van der Waals surface area (Å²) >= 11 is 0. The van der Waals surface area contributed by atoms with Gasteiger partial charge in [-0.1, -0.05) is 30.3 Å². The maximum Gasteiger partial charge on any atom is 0.261 e. The molecule has 0 spiro atoms. The molecule has 8 rings (SSSR count). The van der Waals surface area contributed by atoms with Crippen molar-refractivity contribution in [2.24, 2.45) is 23.2 Å². The number of methoxy groups -OCH3 is 1. The van der Waals surface area contributed by atoms with Crippen LogP contribution in [0.25, 0.3) is 10.8 Å². The van der Waals surface area contributed by atoms with Gasteiger partial charge < -0.3 is 9.64 Å². The minimum Gasteiger partial charge on any atom is -0.497 e. The lowest BCUT2D eigenvalue weighted by atomic mass is 9.49. The van der Waals surface area contributed by atoms with Crippen LogP contribution >= 0.6 is 0 Å². The molecular formula is C32H32N2O4. The SMILES string of the molecule is COc1cccc(N(CCN2C(=O)c3cccc4cccc(c34)C2=O)C(=O)C23CC4CC(CC(C4)C2)C3)c1. The van der Waals surface area contributed by atoms with Crippen molar-refractivity contribution < 1.29 is 19.1 Å². The predicted molar refractivity (Wildman–Crippen MR) is 145 cm³/mol. The molecule has 3 aromatic rings. The molecule has 0 unspecified atom stereocenters. The van der Waals surface area contributed by atoms with Crippen molar-refractivity contribution in [3.8, 4) is 5.75 Å². The second-order valence-corrected chi connectivity index (χ2v) is 11.8. The molecule has 4 fully saturated rings. The highest BCUT2D eigenvalue weighted by Gasteiger charge is 2.55. The van der Waals surface area contributed by atoms with Gasteiger partial charge in [0.25, 0.3) is 11.8 Å². The average molecular weight is 509 g/mol. The summed E-state index contributed by atoms with van der Waals surface area (Å²) in [5, 5.41) is 1.60. The Morgan fingerprint density at radius 1 is 0.895 bits per heavy atom. The van der Waals surface area contributed by atoms with Crippen molar-refractivity contribution in [3.63, 3.8) is 0 Å². The summed E-state index contributed by atoms with van der Waals surface area (Å²) in [5.74, 6) is 2.14. The van der Waals surface area contributed by atoms with Crippen LogP contribution in [0.15, 0.2) is 60.7 Å². The first-order chi connectivity index (χ1) is 18.5. The molecule has 194 valence electrons. The van der Waals surface area contributed by atoms with Crippen LogP contribution in [0.1, 0.15) is 59.2 Å². The van der Waals surface area contributed by atoms with Gasteiger partial charge >= 0.3 is 0 Å². The zero-order chi connectivity index (χ0) is 26.0. The zero-order valence-electron chi connectivity index (χ0n) is 21.7. The molecule has 38 heavy (non-hydrogen) atoms. The first-order valence-electron chi connectivity index (χ1n) is 13.8. The van der Waals surface area contributed by atoms with Crippen molar-refractivity contribution in [3.05, 3.63) is 71.8 Å². The number of carbonyl (C=O) groups excluding carboxylic acids is 3. The number of rotatable bonds is 6. The van der Waals surface area contributed by atoms with Crippen LogP contribution in [-0.2, 0) is 4.79 Å². The van der Waals surface area contributed by atoms with E-state index in [0.717, 1.165) is 35.7 Å². The molecule has 4 saturated carbocycles. The molecule has 3 amide bonds. The van der Waals surface area contributed by atoms with Crippen LogP contribution in [0.5, 0.6) is 5.75 Å². The third kappa shape index (κ3) is 3.57. The van der Waals surface area contributed by atoms with Crippen LogP contribution in [0.2, 0.25) is 0 Å². The van der Waals surface area contributed by atoms with Crippen molar-refractivity contribution in [2.45, 2.75) is 38.5 Å². The Morgan fingerprint density at radius 2 is 1.47 bits per heavy atom. The molecule has 3 aromatic carbocycles. The van der Waals surface area contributed by atoms with Gasteiger partial charge in [-0.05, 0) is 85.9 Å². The Morgan fingerprint density at radius 3 is 2.05 bits per heavy atom. The minimum absolute atomic E-state index is 0.137. The van der Waals surface area contributed by atoms with Gasteiger partial charge in [0.15, 0.2) is 0 Å². The molecule has 6 nitrogen and oxygen atoms in total. The summed E-state index contributed by atoms with van der Waals surface area (Å²) in [7, 11) is 1.62. The summed E-state index contributed by atoms with van der Waals surface area (Å²) in [4.78, 5) is 44.7. The topological polar surface area (TPSA) is 66.9 Å². The fraction of sp³-hybridized carbons (Fsp3) is 0.406. The lowest BCUT2D eigenvalue weighted by Gasteiger charge is -2.56. The minimum atomic E-state index is -0.341. The Labute approximate surface area is 222 Å². The van der Waals surface area contributed by atoms with Crippen molar-refractivity contribution in [1.29, 1.82) is 0 Å². The number of anilines is 1. The van der Waals surface area contributed by atoms with Gasteiger partial charge in [-0.2, -0.15) is 0 Å². The van der Waals surface area contributed by atoms with Crippen molar-refractivity contribution in [2.75, 3.05) is 25.1 Å². The molecule has 0 N–H and O–H groups in total. The Bertz CT molecular complexity index is 1390. The van der Waals surface area contributed by atoms with E-state index in [1.807, 2.05) is 53.4 Å². The molecule has 5 aliphatic rings. The third-order valence-corrected chi connectivity index (χ3v) is 9.51. The Hall–Kier alpha value is -3.67. The molecule has 1 heterocycles. The van der Waals surface area contributed by atoms with Crippen LogP contribution in [-0.4, -0.2) is 42.8 Å². The molecule has 1 aliphatic heterocycles. The van der Waals surface area contributed by atoms with Crippen LogP contribution in [0, 0.1) is 23.2 Å². The number of carbonyl (C=O) groups is 3. The largest absolute Gasteiger partial charge is 0.497 e. The molecule has 0 aromatic heterocycles. The van der Waals surface area contributed by atoms with Gasteiger partial charge in [0, 0.05) is 41.4 Å². The standard InChI is InChI=1S/C32H32N2O4/c1-38-25-8-4-7-24(16-25)33(31(37)32-17-20-13-21(18-32)15-22(14-20)19-32)11-12-34-29(35)26-9-2-5-23-6-3-10-27(28(23)26)30(34)36/h2-10,16,20-22H,11-15,17-19H2,1H3. The number of hydrogen-bond acceptors (Lipinski definition) is 4. The van der Waals surface area contributed by atoms with Gasteiger partial charge in [0.1, 0.15) is 5.75 Å². The maximum atomic E-state index is 14.5. The highest BCUT2D eigenvalue weighted by molar-refractivity contribution is 6.25. The summed E-state index contributed by atoms with van der Waals surface area (Å²) in [6.45, 7) is 0.390. The highest BCUT2D eigenvalue weighted by atomic mass is 16.5. The lowest BCUT2D eigenvalue weighted by Crippen LogP contribution is -2.56. The summed E-state index contributed by atoms with van der Waals surface area (Å²) in [5.41, 5.74) is 1.49. The Kier molecular flexibility index (Phi) is 5.36. The normalized spacial score (nSPS) is 27.2. The maximum absolute atomic E-state index is 14.5. The van der Waals surface area contributed by atoms with Gasteiger partial charge in [0.05, 0.1) is 12.5 Å². The number of imide groups is 1. The van der Waals surface area contributed by atoms with E-state index in [0.29, 0.717) is 34.6 Å². The molecule has 4 aliphatic carbocycles. The van der Waals surface area contributed by atoms with E-state index in [1.54, 1.807) is 19.2 Å². The molecule has 6 heteroatoms. The lowest BCUT2D eigenvalue weighted by molar-refractivity contribution is -0.143. The second-order valence-electron chi connectivity index (χ2n) is 11.8. The van der Waals surface area contributed by atoms with E-state index >= 15 is 0 Å². The van der Waals surface area contributed by atoms with E-state index in [2.05, 4.69) is 0 Å². The number of ether oxygens (including phenoxy) is 1. The van der Waals surface area contributed by atoms with Crippen LogP contribution < -0.4 is 9.64 Å². The number of benzene rings is 3. The molecule has 0 atom stereocenters. The van der Waals surface area contributed by atoms with Gasteiger partial charge in [-0.25, -0.2) is 0 Å². The van der Waals surface area contributed by atoms with Crippen LogP contribution in [0.4, 0.5) is 5.69 Å². The highest BCUT2D eigenvalue weighted by Crippen LogP contribution is 2.60. The Balaban J connectivity index is 1.22. The summed E-state index contributed by atoms with van der Waals surface area (Å²) in [6.07, 6.45) is 6.63. The second kappa shape index (κ2) is 8.69. The quantitative estimate of drug-likeness (QED) is 0.401. The summed E-state index contributed by atoms with van der Waals surface area (Å²) < 4.78 is 5.48. The fourth-order valence-electron chi connectivity index (χ4n) is 8.27. The fourth-order valence-corrected chi connectivity index (χ4v) is 8.27. The molecule has 0 radical (unpaired) electrons. The number of hydrogen-bond donors (Lipinski definition) is 0. The van der Waals surface area contributed by atoms with Gasteiger partial charge in [-0.3, -0.25) is 19.3 Å². The number of amides is 3. The number of nitrogens with zero attached hydrogens (tertiary/aromatic N) is 2. The first-order valence-corrected chi connectivity index (χ1v) is 13.8. The average Bonchev–Trinajstić information content (AvgIpc) is 2.92. The van der Waals surface area contributed by atoms with Crippen LogP contribution in [0.3, 0.4) is 0 Å². The molecule has 4 bridgehead atoms. The molecule has 0 saturated heterocycles. The van der Waals surface area contributed by atoms with E-state index in [9.17, 15) is 14.4 Å². The van der Waals surface area contributed by atoms with E-state index < -0.39 is 0 Å². The smallest absolute Gasteiger partial charge is 0.261 e. The summed E-state index contributed by atoms with van der Waals surface area (Å²) in [6, 6.07) is 18.7. The first kappa shape index (κ1) is 23.4. The van der Waals surface area contributed by atoms with Gasteiger partial charge in [-0.15, -0.1) is 0 Å². The van der Waals surface area contributed by atoms with Gasteiger partial charge in [0.2, 0.25) is 5.91 Å². The van der Waals surface area contributed by atoms with E-state index in [-0.39, 0.29) is 36.2 Å². The predicted octanol–water partition coefficient (Wildman–Crippen LogP) is 5.69. The molecular weight excluding hydrogens is 476 g/mol.